The third kappa shape index (κ3) is 1.63. The number of rotatable bonds is 1. The smallest absolute Gasteiger partial charge is 0.174 e. The Morgan fingerprint density at radius 3 is 3.00 bits per heavy atom. The minimum Gasteiger partial charge on any atom is -0.335 e. The summed E-state index contributed by atoms with van der Waals surface area (Å²) in [4.78, 5) is 7.18. The quantitative estimate of drug-likeness (QED) is 0.737. The first-order chi connectivity index (χ1) is 7.43. The monoisotopic (exact) mass is 200 g/mol. The van der Waals surface area contributed by atoms with Gasteiger partial charge in [-0.3, -0.25) is 0 Å². The summed E-state index contributed by atoms with van der Waals surface area (Å²) in [5, 5.41) is 3.39. The summed E-state index contributed by atoms with van der Waals surface area (Å²) >= 11 is 0. The molecule has 15 heavy (non-hydrogen) atoms. The highest BCUT2D eigenvalue weighted by Crippen LogP contribution is 2.26. The number of nitrogens with one attached hydrogen (secondary N) is 2. The van der Waals surface area contributed by atoms with E-state index in [1.807, 2.05) is 0 Å². The molecular weight excluding hydrogens is 186 g/mol. The van der Waals surface area contributed by atoms with Crippen molar-refractivity contribution in [3.63, 3.8) is 0 Å². The zero-order valence-corrected chi connectivity index (χ0v) is 8.59. The number of aromatic amines is 1. The largest absolute Gasteiger partial charge is 0.335 e. The molecule has 0 spiro atoms. The third-order valence-corrected chi connectivity index (χ3v) is 3.20. The lowest BCUT2D eigenvalue weighted by Crippen LogP contribution is -2.26. The molecule has 1 aromatic heterocycles. The Morgan fingerprint density at radius 1 is 1.27 bits per heavy atom. The zero-order valence-electron chi connectivity index (χ0n) is 8.59. The summed E-state index contributed by atoms with van der Waals surface area (Å²) in [5.41, 5.74) is 3.53. The summed E-state index contributed by atoms with van der Waals surface area (Å²) in [6.07, 6.45) is 5.25. The SMILES string of the molecule is [c]1nc2cc(C3CCNCC3)ccc2[nH]1. The van der Waals surface area contributed by atoms with Crippen LogP contribution in [0.3, 0.4) is 0 Å². The lowest BCUT2D eigenvalue weighted by molar-refractivity contribution is 0.460. The van der Waals surface area contributed by atoms with Crippen LogP contribution < -0.4 is 5.32 Å². The molecule has 0 atom stereocenters. The lowest BCUT2D eigenvalue weighted by atomic mass is 9.90. The number of hydrogen-bond acceptors (Lipinski definition) is 2. The fourth-order valence-corrected chi connectivity index (χ4v) is 2.30. The van der Waals surface area contributed by atoms with Crippen molar-refractivity contribution in [2.45, 2.75) is 18.8 Å². The van der Waals surface area contributed by atoms with E-state index in [-0.39, 0.29) is 0 Å². The van der Waals surface area contributed by atoms with Crippen LogP contribution in [0.15, 0.2) is 18.2 Å². The van der Waals surface area contributed by atoms with Crippen molar-refractivity contribution in [3.8, 4) is 0 Å². The highest BCUT2D eigenvalue weighted by Gasteiger charge is 2.15. The van der Waals surface area contributed by atoms with Crippen LogP contribution in [-0.2, 0) is 0 Å². The number of benzene rings is 1. The second-order valence-electron chi connectivity index (χ2n) is 4.15. The van der Waals surface area contributed by atoms with Gasteiger partial charge in [-0.25, -0.2) is 4.98 Å². The first-order valence-electron chi connectivity index (χ1n) is 5.50. The Bertz CT molecular complexity index is 455. The van der Waals surface area contributed by atoms with Crippen LogP contribution in [0, 0.1) is 6.33 Å². The number of aromatic nitrogens is 2. The Morgan fingerprint density at radius 2 is 2.13 bits per heavy atom. The van der Waals surface area contributed by atoms with Crippen molar-refractivity contribution in [1.82, 2.24) is 15.3 Å². The molecule has 1 fully saturated rings. The molecule has 1 aromatic carbocycles. The maximum absolute atomic E-state index is 4.18. The molecule has 3 heteroatoms. The van der Waals surface area contributed by atoms with E-state index in [0.717, 1.165) is 24.1 Å². The third-order valence-electron chi connectivity index (χ3n) is 3.20. The van der Waals surface area contributed by atoms with E-state index in [2.05, 4.69) is 39.8 Å². The van der Waals surface area contributed by atoms with Gasteiger partial charge in [0.05, 0.1) is 11.0 Å². The molecule has 1 saturated heterocycles. The normalized spacial score (nSPS) is 18.4. The predicted octanol–water partition coefficient (Wildman–Crippen LogP) is 1.83. The number of imidazole rings is 1. The van der Waals surface area contributed by atoms with Gasteiger partial charge < -0.3 is 10.3 Å². The molecule has 3 rings (SSSR count). The molecule has 2 N–H and O–H groups in total. The average molecular weight is 200 g/mol. The minimum absolute atomic E-state index is 0.701. The van der Waals surface area contributed by atoms with Gasteiger partial charge in [0.15, 0.2) is 6.33 Å². The summed E-state index contributed by atoms with van der Waals surface area (Å²) in [5.74, 6) is 0.701. The molecule has 1 aliphatic heterocycles. The van der Waals surface area contributed by atoms with Crippen LogP contribution in [0.25, 0.3) is 11.0 Å². The molecule has 77 valence electrons. The Labute approximate surface area is 88.9 Å². The number of fused-ring (bicyclic) bond motifs is 1. The molecule has 1 radical (unpaired) electrons. The van der Waals surface area contributed by atoms with Gasteiger partial charge in [-0.15, -0.1) is 0 Å². The molecule has 2 aromatic rings. The molecule has 0 aliphatic carbocycles. The van der Waals surface area contributed by atoms with E-state index in [9.17, 15) is 0 Å². The first-order valence-corrected chi connectivity index (χ1v) is 5.50. The summed E-state index contributed by atoms with van der Waals surface area (Å²) in [6, 6.07) is 6.51. The van der Waals surface area contributed by atoms with Crippen LogP contribution in [0.2, 0.25) is 0 Å². The van der Waals surface area contributed by atoms with Crippen LogP contribution in [-0.4, -0.2) is 23.1 Å². The fourth-order valence-electron chi connectivity index (χ4n) is 2.30. The summed E-state index contributed by atoms with van der Waals surface area (Å²) in [6.45, 7) is 2.27. The second kappa shape index (κ2) is 3.66. The van der Waals surface area contributed by atoms with Gasteiger partial charge in [-0.2, -0.15) is 0 Å². The Hall–Kier alpha value is -1.35. The number of piperidine rings is 1. The van der Waals surface area contributed by atoms with Gasteiger partial charge in [-0.1, -0.05) is 6.07 Å². The van der Waals surface area contributed by atoms with E-state index in [1.165, 1.54) is 18.4 Å². The Balaban J connectivity index is 1.95. The molecule has 1 aliphatic rings. The first kappa shape index (κ1) is 8.92. The van der Waals surface area contributed by atoms with E-state index in [4.69, 9.17) is 0 Å². The van der Waals surface area contributed by atoms with Gasteiger partial charge in [0.25, 0.3) is 0 Å². The van der Waals surface area contributed by atoms with Crippen molar-refractivity contribution in [2.24, 2.45) is 0 Å². The van der Waals surface area contributed by atoms with Crippen molar-refractivity contribution < 1.29 is 0 Å². The van der Waals surface area contributed by atoms with E-state index >= 15 is 0 Å². The maximum atomic E-state index is 4.18. The van der Waals surface area contributed by atoms with E-state index in [0.29, 0.717) is 5.92 Å². The molecule has 0 amide bonds. The van der Waals surface area contributed by atoms with Crippen LogP contribution >= 0.6 is 0 Å². The van der Waals surface area contributed by atoms with Crippen molar-refractivity contribution in [1.29, 1.82) is 0 Å². The Kier molecular flexibility index (Phi) is 2.18. The van der Waals surface area contributed by atoms with Crippen molar-refractivity contribution >= 4 is 11.0 Å². The lowest BCUT2D eigenvalue weighted by Gasteiger charge is -2.22. The molecule has 0 bridgehead atoms. The van der Waals surface area contributed by atoms with Gasteiger partial charge >= 0.3 is 0 Å². The maximum Gasteiger partial charge on any atom is 0.174 e. The zero-order chi connectivity index (χ0) is 10.1. The standard InChI is InChI=1S/C12H14N3/c1-2-11-12(15-8-14-11)7-10(1)9-3-5-13-6-4-9/h1-2,7,9,13H,3-6H2,(H,14,15). The average Bonchev–Trinajstić information content (AvgIpc) is 2.77. The highest BCUT2D eigenvalue weighted by atomic mass is 14.9. The van der Waals surface area contributed by atoms with E-state index in [1.54, 1.807) is 0 Å². The van der Waals surface area contributed by atoms with Gasteiger partial charge in [0.2, 0.25) is 0 Å². The van der Waals surface area contributed by atoms with E-state index < -0.39 is 0 Å². The minimum atomic E-state index is 0.701. The predicted molar refractivity (Wildman–Crippen MR) is 59.8 cm³/mol. The summed E-state index contributed by atoms with van der Waals surface area (Å²) in [7, 11) is 0. The van der Waals surface area contributed by atoms with Crippen LogP contribution in [0.1, 0.15) is 24.3 Å². The molecule has 0 unspecified atom stereocenters. The van der Waals surface area contributed by atoms with Gasteiger partial charge in [0, 0.05) is 0 Å². The molecular formula is C12H14N3. The number of H-pyrrole nitrogens is 1. The van der Waals surface area contributed by atoms with Crippen molar-refractivity contribution in [3.05, 3.63) is 30.1 Å². The highest BCUT2D eigenvalue weighted by molar-refractivity contribution is 5.75. The number of nitrogens with zero attached hydrogens (tertiary/aromatic N) is 1. The topological polar surface area (TPSA) is 40.7 Å². The van der Waals surface area contributed by atoms with Crippen LogP contribution in [0.5, 0.6) is 0 Å². The van der Waals surface area contributed by atoms with Gasteiger partial charge in [0.1, 0.15) is 0 Å². The van der Waals surface area contributed by atoms with Crippen LogP contribution in [0.4, 0.5) is 0 Å². The summed E-state index contributed by atoms with van der Waals surface area (Å²) < 4.78 is 0. The van der Waals surface area contributed by atoms with Crippen molar-refractivity contribution in [2.75, 3.05) is 13.1 Å². The molecule has 0 saturated carbocycles. The fraction of sp³-hybridized carbons (Fsp3) is 0.417. The molecule has 3 nitrogen and oxygen atoms in total. The van der Waals surface area contributed by atoms with Gasteiger partial charge in [-0.05, 0) is 49.5 Å². The number of hydrogen-bond donors (Lipinski definition) is 2. The molecule has 2 heterocycles. The second-order valence-corrected chi connectivity index (χ2v) is 4.15.